The summed E-state index contributed by atoms with van der Waals surface area (Å²) >= 11 is 0. The van der Waals surface area contributed by atoms with Gasteiger partial charge in [-0.15, -0.1) is 0 Å². The van der Waals surface area contributed by atoms with E-state index in [0.29, 0.717) is 23.8 Å². The van der Waals surface area contributed by atoms with Crippen molar-refractivity contribution in [2.45, 2.75) is 47.1 Å². The number of anilines is 1. The molecule has 1 heterocycles. The van der Waals surface area contributed by atoms with E-state index in [1.165, 1.54) is 7.11 Å². The SMILES string of the molecule is COc1ccc(NC(=O)NC(C)(C)C(=O)NCC(C)(C)C)c(C)n1. The number of nitrogens with zero attached hydrogens (tertiary/aromatic N) is 1. The Bertz CT molecular complexity index is 606. The van der Waals surface area contributed by atoms with Crippen molar-refractivity contribution < 1.29 is 14.3 Å². The number of rotatable bonds is 5. The lowest BCUT2D eigenvalue weighted by Crippen LogP contribution is -2.56. The van der Waals surface area contributed by atoms with E-state index < -0.39 is 11.6 Å². The van der Waals surface area contributed by atoms with Crippen LogP contribution in [0, 0.1) is 12.3 Å². The predicted octanol–water partition coefficient (Wildman–Crippen LogP) is 2.46. The molecule has 0 atom stereocenters. The minimum absolute atomic E-state index is 0.0279. The number of amides is 3. The Balaban J connectivity index is 2.67. The van der Waals surface area contributed by atoms with E-state index in [4.69, 9.17) is 4.74 Å². The molecule has 24 heavy (non-hydrogen) atoms. The molecular formula is C17H28N4O3. The lowest BCUT2D eigenvalue weighted by Gasteiger charge is -2.27. The van der Waals surface area contributed by atoms with Crippen LogP contribution in [0.5, 0.6) is 5.88 Å². The molecule has 1 aromatic rings. The monoisotopic (exact) mass is 336 g/mol. The number of aromatic nitrogens is 1. The van der Waals surface area contributed by atoms with Crippen LogP contribution in [0.3, 0.4) is 0 Å². The van der Waals surface area contributed by atoms with E-state index in [1.54, 1.807) is 32.9 Å². The molecule has 0 aliphatic rings. The highest BCUT2D eigenvalue weighted by Gasteiger charge is 2.30. The second-order valence-corrected chi connectivity index (χ2v) is 7.43. The van der Waals surface area contributed by atoms with Crippen molar-refractivity contribution in [3.63, 3.8) is 0 Å². The molecule has 0 aliphatic carbocycles. The minimum Gasteiger partial charge on any atom is -0.481 e. The van der Waals surface area contributed by atoms with Gasteiger partial charge in [-0.3, -0.25) is 4.79 Å². The number of carbonyl (C=O) groups is 2. The second kappa shape index (κ2) is 7.51. The fourth-order valence-electron chi connectivity index (χ4n) is 1.84. The molecule has 0 radical (unpaired) electrons. The van der Waals surface area contributed by atoms with E-state index in [0.717, 1.165) is 0 Å². The van der Waals surface area contributed by atoms with Crippen molar-refractivity contribution in [3.05, 3.63) is 17.8 Å². The van der Waals surface area contributed by atoms with E-state index in [-0.39, 0.29) is 11.3 Å². The summed E-state index contributed by atoms with van der Waals surface area (Å²) in [4.78, 5) is 28.6. The first-order valence-electron chi connectivity index (χ1n) is 7.84. The smallest absolute Gasteiger partial charge is 0.320 e. The van der Waals surface area contributed by atoms with E-state index in [9.17, 15) is 9.59 Å². The fourth-order valence-corrected chi connectivity index (χ4v) is 1.84. The summed E-state index contributed by atoms with van der Waals surface area (Å²) in [6.45, 7) is 11.7. The highest BCUT2D eigenvalue weighted by Crippen LogP contribution is 2.17. The first kappa shape index (κ1) is 19.7. The van der Waals surface area contributed by atoms with Crippen LogP contribution in [0.1, 0.15) is 40.3 Å². The van der Waals surface area contributed by atoms with Crippen LogP contribution in [0.4, 0.5) is 10.5 Å². The maximum Gasteiger partial charge on any atom is 0.320 e. The van der Waals surface area contributed by atoms with Crippen molar-refractivity contribution in [2.75, 3.05) is 19.0 Å². The molecule has 0 saturated carbocycles. The average molecular weight is 336 g/mol. The molecule has 7 nitrogen and oxygen atoms in total. The van der Waals surface area contributed by atoms with Gasteiger partial charge in [-0.05, 0) is 32.3 Å². The van der Waals surface area contributed by atoms with E-state index >= 15 is 0 Å². The molecule has 3 amide bonds. The number of carbonyl (C=O) groups excluding carboxylic acids is 2. The molecule has 134 valence electrons. The zero-order chi connectivity index (χ0) is 18.5. The van der Waals surface area contributed by atoms with Gasteiger partial charge in [0.05, 0.1) is 18.5 Å². The van der Waals surface area contributed by atoms with Gasteiger partial charge >= 0.3 is 6.03 Å². The van der Waals surface area contributed by atoms with Gasteiger partial charge in [-0.2, -0.15) is 0 Å². The first-order valence-corrected chi connectivity index (χ1v) is 7.84. The number of nitrogens with one attached hydrogen (secondary N) is 3. The van der Waals surface area contributed by atoms with Gasteiger partial charge in [-0.1, -0.05) is 20.8 Å². The molecule has 0 spiro atoms. The molecule has 0 unspecified atom stereocenters. The third kappa shape index (κ3) is 6.06. The molecular weight excluding hydrogens is 308 g/mol. The lowest BCUT2D eigenvalue weighted by atomic mass is 9.96. The molecule has 0 fully saturated rings. The van der Waals surface area contributed by atoms with Crippen LogP contribution in [0.2, 0.25) is 0 Å². The van der Waals surface area contributed by atoms with Crippen molar-refractivity contribution in [3.8, 4) is 5.88 Å². The van der Waals surface area contributed by atoms with Gasteiger partial charge in [0.1, 0.15) is 5.54 Å². The number of aryl methyl sites for hydroxylation is 1. The quantitative estimate of drug-likeness (QED) is 0.770. The van der Waals surface area contributed by atoms with Crippen molar-refractivity contribution >= 4 is 17.6 Å². The van der Waals surface area contributed by atoms with Gasteiger partial charge < -0.3 is 20.7 Å². The van der Waals surface area contributed by atoms with Gasteiger partial charge in [-0.25, -0.2) is 9.78 Å². The van der Waals surface area contributed by atoms with E-state index in [2.05, 4.69) is 20.9 Å². The van der Waals surface area contributed by atoms with Gasteiger partial charge in [0, 0.05) is 12.6 Å². The maximum atomic E-state index is 12.3. The molecule has 0 aromatic carbocycles. The Kier molecular flexibility index (Phi) is 6.17. The van der Waals surface area contributed by atoms with Crippen LogP contribution < -0.4 is 20.7 Å². The number of hydrogen-bond acceptors (Lipinski definition) is 4. The van der Waals surface area contributed by atoms with Gasteiger partial charge in [0.15, 0.2) is 0 Å². The van der Waals surface area contributed by atoms with Gasteiger partial charge in [0.25, 0.3) is 0 Å². The summed E-state index contributed by atoms with van der Waals surface area (Å²) in [5, 5.41) is 8.22. The Morgan fingerprint density at radius 3 is 2.29 bits per heavy atom. The van der Waals surface area contributed by atoms with Crippen molar-refractivity contribution in [2.24, 2.45) is 5.41 Å². The molecule has 7 heteroatoms. The number of urea groups is 1. The molecule has 1 aromatic heterocycles. The zero-order valence-electron chi connectivity index (χ0n) is 15.5. The van der Waals surface area contributed by atoms with Crippen LogP contribution in [0.25, 0.3) is 0 Å². The van der Waals surface area contributed by atoms with Crippen molar-refractivity contribution in [1.82, 2.24) is 15.6 Å². The topological polar surface area (TPSA) is 92.4 Å². The summed E-state index contributed by atoms with van der Waals surface area (Å²) in [6, 6.07) is 2.89. The lowest BCUT2D eigenvalue weighted by molar-refractivity contribution is -0.126. The minimum atomic E-state index is -1.04. The summed E-state index contributed by atoms with van der Waals surface area (Å²) in [5.41, 5.74) is 0.113. The second-order valence-electron chi connectivity index (χ2n) is 7.43. The molecule has 0 saturated heterocycles. The summed E-state index contributed by atoms with van der Waals surface area (Å²) < 4.78 is 5.03. The van der Waals surface area contributed by atoms with E-state index in [1.807, 2.05) is 20.8 Å². The van der Waals surface area contributed by atoms with Crippen molar-refractivity contribution in [1.29, 1.82) is 0 Å². The third-order valence-corrected chi connectivity index (χ3v) is 3.29. The highest BCUT2D eigenvalue weighted by molar-refractivity contribution is 5.95. The molecule has 1 rings (SSSR count). The Hall–Kier alpha value is -2.31. The highest BCUT2D eigenvalue weighted by atomic mass is 16.5. The summed E-state index contributed by atoms with van der Waals surface area (Å²) in [5.74, 6) is 0.234. The number of hydrogen-bond donors (Lipinski definition) is 3. The molecule has 0 aliphatic heterocycles. The third-order valence-electron chi connectivity index (χ3n) is 3.29. The summed E-state index contributed by atoms with van der Waals surface area (Å²) in [7, 11) is 1.53. The first-order chi connectivity index (χ1) is 10.9. The molecule has 0 bridgehead atoms. The number of methoxy groups -OCH3 is 1. The fraction of sp³-hybridized carbons (Fsp3) is 0.588. The largest absolute Gasteiger partial charge is 0.481 e. The zero-order valence-corrected chi connectivity index (χ0v) is 15.5. The van der Waals surface area contributed by atoms with Crippen LogP contribution in [-0.4, -0.2) is 36.1 Å². The normalized spacial score (nSPS) is 11.6. The average Bonchev–Trinajstić information content (AvgIpc) is 2.45. The Labute approximate surface area is 143 Å². The number of pyridine rings is 1. The van der Waals surface area contributed by atoms with Crippen LogP contribution in [-0.2, 0) is 4.79 Å². The van der Waals surface area contributed by atoms with Crippen LogP contribution in [0.15, 0.2) is 12.1 Å². The summed E-state index contributed by atoms with van der Waals surface area (Å²) in [6.07, 6.45) is 0. The Morgan fingerprint density at radius 1 is 1.17 bits per heavy atom. The Morgan fingerprint density at radius 2 is 1.79 bits per heavy atom. The molecule has 3 N–H and O–H groups in total. The van der Waals surface area contributed by atoms with Gasteiger partial charge in [0.2, 0.25) is 11.8 Å². The number of ether oxygens (including phenoxy) is 1. The predicted molar refractivity (Wildman–Crippen MR) is 94.2 cm³/mol. The maximum absolute atomic E-state index is 12.3. The standard InChI is InChI=1S/C17H28N4O3/c1-11-12(8-9-13(19-11)24-7)20-15(23)21-17(5,6)14(22)18-10-16(2,3)4/h8-9H,10H2,1-7H3,(H,18,22)(H2,20,21,23). The van der Waals surface area contributed by atoms with Crippen LogP contribution >= 0.6 is 0 Å².